The molecule has 0 fully saturated rings. The standard InChI is InChI=1S/C13H15NO/c1-8-3-2-4-10-11-7-9(15)5-6-12(11)14-13(8)10/h2-4,9,14-15H,5-7H2,1H3. The molecular weight excluding hydrogens is 186 g/mol. The average Bonchev–Trinajstić information content (AvgIpc) is 2.58. The Bertz CT molecular complexity index is 512. The number of aromatic nitrogens is 1. The van der Waals surface area contributed by atoms with Crippen LogP contribution in [0.2, 0.25) is 0 Å². The lowest BCUT2D eigenvalue weighted by atomic mass is 9.93. The lowest BCUT2D eigenvalue weighted by Crippen LogP contribution is -2.17. The van der Waals surface area contributed by atoms with Crippen LogP contribution < -0.4 is 0 Å². The van der Waals surface area contributed by atoms with Gasteiger partial charge in [0.1, 0.15) is 0 Å². The summed E-state index contributed by atoms with van der Waals surface area (Å²) >= 11 is 0. The lowest BCUT2D eigenvalue weighted by Gasteiger charge is -2.17. The maximum atomic E-state index is 9.69. The third kappa shape index (κ3) is 1.29. The Hall–Kier alpha value is -1.28. The van der Waals surface area contributed by atoms with Gasteiger partial charge in [-0.2, -0.15) is 0 Å². The second kappa shape index (κ2) is 3.11. The third-order valence-electron chi connectivity index (χ3n) is 3.41. The SMILES string of the molecule is Cc1cccc2c3c([nH]c12)CCC(O)C3. The van der Waals surface area contributed by atoms with E-state index in [-0.39, 0.29) is 6.10 Å². The first kappa shape index (κ1) is 8.98. The van der Waals surface area contributed by atoms with Crippen molar-refractivity contribution in [1.29, 1.82) is 0 Å². The molecule has 2 N–H and O–H groups in total. The smallest absolute Gasteiger partial charge is 0.0585 e. The number of aryl methyl sites for hydroxylation is 2. The van der Waals surface area contributed by atoms with Crippen LogP contribution in [0, 0.1) is 6.92 Å². The first-order chi connectivity index (χ1) is 7.25. The van der Waals surface area contributed by atoms with Gasteiger partial charge in [0.2, 0.25) is 0 Å². The zero-order valence-corrected chi connectivity index (χ0v) is 8.88. The minimum Gasteiger partial charge on any atom is -0.393 e. The highest BCUT2D eigenvalue weighted by Crippen LogP contribution is 2.30. The van der Waals surface area contributed by atoms with E-state index in [1.54, 1.807) is 0 Å². The largest absolute Gasteiger partial charge is 0.393 e. The van der Waals surface area contributed by atoms with Crippen LogP contribution >= 0.6 is 0 Å². The van der Waals surface area contributed by atoms with Gasteiger partial charge in [-0.1, -0.05) is 18.2 Å². The Morgan fingerprint density at radius 3 is 3.13 bits per heavy atom. The van der Waals surface area contributed by atoms with E-state index in [1.165, 1.54) is 27.7 Å². The minimum atomic E-state index is -0.156. The number of aliphatic hydroxyl groups is 1. The molecule has 1 aromatic carbocycles. The van der Waals surface area contributed by atoms with Crippen molar-refractivity contribution in [3.8, 4) is 0 Å². The number of benzene rings is 1. The van der Waals surface area contributed by atoms with Gasteiger partial charge in [-0.15, -0.1) is 0 Å². The van der Waals surface area contributed by atoms with Crippen molar-refractivity contribution in [3.05, 3.63) is 35.0 Å². The normalized spacial score (nSPS) is 20.5. The molecule has 1 aromatic heterocycles. The van der Waals surface area contributed by atoms with Gasteiger partial charge in [0, 0.05) is 23.0 Å². The highest BCUT2D eigenvalue weighted by atomic mass is 16.3. The minimum absolute atomic E-state index is 0.156. The van der Waals surface area contributed by atoms with Crippen LogP contribution in [0.15, 0.2) is 18.2 Å². The summed E-state index contributed by atoms with van der Waals surface area (Å²) in [6.07, 6.45) is 2.51. The van der Waals surface area contributed by atoms with Gasteiger partial charge in [-0.05, 0) is 30.9 Å². The van der Waals surface area contributed by atoms with E-state index in [1.807, 2.05) is 0 Å². The fourth-order valence-electron chi connectivity index (χ4n) is 2.57. The fourth-order valence-corrected chi connectivity index (χ4v) is 2.57. The molecule has 0 amide bonds. The molecule has 2 aromatic rings. The quantitative estimate of drug-likeness (QED) is 0.674. The highest BCUT2D eigenvalue weighted by Gasteiger charge is 2.20. The molecule has 1 aliphatic carbocycles. The van der Waals surface area contributed by atoms with E-state index >= 15 is 0 Å². The Balaban J connectivity index is 2.29. The first-order valence-electron chi connectivity index (χ1n) is 5.53. The number of H-pyrrole nitrogens is 1. The van der Waals surface area contributed by atoms with Crippen molar-refractivity contribution in [2.45, 2.75) is 32.3 Å². The molecule has 15 heavy (non-hydrogen) atoms. The molecule has 0 bridgehead atoms. The predicted octanol–water partition coefficient (Wildman–Crippen LogP) is 2.33. The number of fused-ring (bicyclic) bond motifs is 3. The van der Waals surface area contributed by atoms with Crippen molar-refractivity contribution in [2.75, 3.05) is 0 Å². The Morgan fingerprint density at radius 2 is 2.27 bits per heavy atom. The van der Waals surface area contributed by atoms with Crippen molar-refractivity contribution >= 4 is 10.9 Å². The number of nitrogens with one attached hydrogen (secondary N) is 1. The topological polar surface area (TPSA) is 36.0 Å². The Morgan fingerprint density at radius 1 is 1.40 bits per heavy atom. The highest BCUT2D eigenvalue weighted by molar-refractivity contribution is 5.87. The van der Waals surface area contributed by atoms with Crippen LogP contribution in [-0.2, 0) is 12.8 Å². The van der Waals surface area contributed by atoms with Crippen LogP contribution in [-0.4, -0.2) is 16.2 Å². The number of aliphatic hydroxyl groups excluding tert-OH is 1. The van der Waals surface area contributed by atoms with Gasteiger partial charge >= 0.3 is 0 Å². The van der Waals surface area contributed by atoms with E-state index in [4.69, 9.17) is 0 Å². The van der Waals surface area contributed by atoms with Crippen LogP contribution in [0.3, 0.4) is 0 Å². The molecule has 0 aliphatic heterocycles. The molecule has 78 valence electrons. The number of rotatable bonds is 0. The van der Waals surface area contributed by atoms with Crippen LogP contribution in [0.5, 0.6) is 0 Å². The second-order valence-electron chi connectivity index (χ2n) is 4.48. The molecule has 1 aliphatic rings. The van der Waals surface area contributed by atoms with E-state index in [0.717, 1.165) is 19.3 Å². The van der Waals surface area contributed by atoms with Crippen LogP contribution in [0.1, 0.15) is 23.2 Å². The summed E-state index contributed by atoms with van der Waals surface area (Å²) in [5, 5.41) is 11.0. The summed E-state index contributed by atoms with van der Waals surface area (Å²) in [5.41, 5.74) is 5.19. The maximum Gasteiger partial charge on any atom is 0.0585 e. The third-order valence-corrected chi connectivity index (χ3v) is 3.41. The summed E-state index contributed by atoms with van der Waals surface area (Å²) in [4.78, 5) is 3.49. The summed E-state index contributed by atoms with van der Waals surface area (Å²) in [7, 11) is 0. The van der Waals surface area contributed by atoms with Gasteiger partial charge < -0.3 is 10.1 Å². The van der Waals surface area contributed by atoms with Crippen molar-refractivity contribution in [3.63, 3.8) is 0 Å². The molecule has 1 heterocycles. The van der Waals surface area contributed by atoms with E-state index < -0.39 is 0 Å². The maximum absolute atomic E-state index is 9.69. The average molecular weight is 201 g/mol. The van der Waals surface area contributed by atoms with Gasteiger partial charge in [-0.3, -0.25) is 0 Å². The van der Waals surface area contributed by atoms with Gasteiger partial charge in [0.25, 0.3) is 0 Å². The molecular formula is C13H15NO. The molecule has 0 saturated heterocycles. The van der Waals surface area contributed by atoms with Gasteiger partial charge in [0.05, 0.1) is 6.10 Å². The van der Waals surface area contributed by atoms with Crippen molar-refractivity contribution < 1.29 is 5.11 Å². The van der Waals surface area contributed by atoms with E-state index in [2.05, 4.69) is 30.1 Å². The van der Waals surface area contributed by atoms with Gasteiger partial charge in [-0.25, -0.2) is 0 Å². The fraction of sp³-hybridized carbons (Fsp3) is 0.385. The molecule has 0 spiro atoms. The van der Waals surface area contributed by atoms with Crippen LogP contribution in [0.4, 0.5) is 0 Å². The number of para-hydroxylation sites is 1. The molecule has 2 heteroatoms. The van der Waals surface area contributed by atoms with Crippen molar-refractivity contribution in [1.82, 2.24) is 4.98 Å². The zero-order valence-electron chi connectivity index (χ0n) is 8.88. The molecule has 3 rings (SSSR count). The Kier molecular flexibility index (Phi) is 1.86. The Labute approximate surface area is 88.9 Å². The van der Waals surface area contributed by atoms with Crippen molar-refractivity contribution in [2.24, 2.45) is 0 Å². The van der Waals surface area contributed by atoms with E-state index in [9.17, 15) is 5.11 Å². The number of aromatic amines is 1. The van der Waals surface area contributed by atoms with Crippen LogP contribution in [0.25, 0.3) is 10.9 Å². The number of hydrogen-bond acceptors (Lipinski definition) is 1. The number of hydrogen-bond donors (Lipinski definition) is 2. The molecule has 0 radical (unpaired) electrons. The molecule has 2 nitrogen and oxygen atoms in total. The summed E-state index contributed by atoms with van der Waals surface area (Å²) in [6.45, 7) is 2.13. The van der Waals surface area contributed by atoms with Gasteiger partial charge in [0.15, 0.2) is 0 Å². The second-order valence-corrected chi connectivity index (χ2v) is 4.48. The first-order valence-corrected chi connectivity index (χ1v) is 5.53. The monoisotopic (exact) mass is 201 g/mol. The molecule has 1 unspecified atom stereocenters. The molecule has 0 saturated carbocycles. The summed E-state index contributed by atoms with van der Waals surface area (Å²) in [6, 6.07) is 6.36. The van der Waals surface area contributed by atoms with E-state index in [0.29, 0.717) is 0 Å². The summed E-state index contributed by atoms with van der Waals surface area (Å²) in [5.74, 6) is 0. The lowest BCUT2D eigenvalue weighted by molar-refractivity contribution is 0.158. The zero-order chi connectivity index (χ0) is 10.4. The summed E-state index contributed by atoms with van der Waals surface area (Å²) < 4.78 is 0. The molecule has 1 atom stereocenters. The predicted molar refractivity (Wildman–Crippen MR) is 61.1 cm³/mol.